The quantitative estimate of drug-likeness (QED) is 0.540. The van der Waals surface area contributed by atoms with Gasteiger partial charge in [-0.05, 0) is 0 Å². The SMILES string of the molecule is CS(=O)(=O)CCSCCBr. The highest BCUT2D eigenvalue weighted by molar-refractivity contribution is 9.09. The number of hydrogen-bond acceptors (Lipinski definition) is 3. The van der Waals surface area contributed by atoms with Crippen LogP contribution < -0.4 is 0 Å². The van der Waals surface area contributed by atoms with Gasteiger partial charge in [0.05, 0.1) is 5.75 Å². The average molecular weight is 247 g/mol. The Morgan fingerprint density at radius 2 is 2.00 bits per heavy atom. The van der Waals surface area contributed by atoms with E-state index < -0.39 is 9.84 Å². The van der Waals surface area contributed by atoms with E-state index >= 15 is 0 Å². The molecule has 0 radical (unpaired) electrons. The summed E-state index contributed by atoms with van der Waals surface area (Å²) in [6, 6.07) is 0. The number of thioether (sulfide) groups is 1. The van der Waals surface area contributed by atoms with Crippen molar-refractivity contribution in [2.45, 2.75) is 0 Å². The molecule has 0 aromatic heterocycles. The van der Waals surface area contributed by atoms with E-state index in [-0.39, 0.29) is 0 Å². The summed E-state index contributed by atoms with van der Waals surface area (Å²) in [6.45, 7) is 0. The summed E-state index contributed by atoms with van der Waals surface area (Å²) in [5, 5.41) is 0.932. The number of halogens is 1. The predicted molar refractivity (Wildman–Crippen MR) is 50.8 cm³/mol. The first-order chi connectivity index (χ1) is 4.56. The second-order valence-electron chi connectivity index (χ2n) is 1.93. The van der Waals surface area contributed by atoms with Crippen molar-refractivity contribution >= 4 is 37.5 Å². The standard InChI is InChI=1S/C5H11BrO2S2/c1-10(7,8)5-4-9-3-2-6/h2-5H2,1H3. The Kier molecular flexibility index (Phi) is 5.86. The van der Waals surface area contributed by atoms with Crippen LogP contribution in [0.15, 0.2) is 0 Å². The molecule has 0 spiro atoms. The van der Waals surface area contributed by atoms with E-state index in [2.05, 4.69) is 15.9 Å². The molecule has 0 rings (SSSR count). The van der Waals surface area contributed by atoms with Crippen molar-refractivity contribution < 1.29 is 8.42 Å². The van der Waals surface area contributed by atoms with Crippen molar-refractivity contribution in [3.05, 3.63) is 0 Å². The zero-order valence-electron chi connectivity index (χ0n) is 5.84. The molecular weight excluding hydrogens is 236 g/mol. The minimum Gasteiger partial charge on any atom is -0.229 e. The van der Waals surface area contributed by atoms with Gasteiger partial charge >= 0.3 is 0 Å². The van der Waals surface area contributed by atoms with Crippen LogP contribution in [0, 0.1) is 0 Å². The van der Waals surface area contributed by atoms with E-state index in [1.807, 2.05) is 0 Å². The van der Waals surface area contributed by atoms with E-state index in [1.165, 1.54) is 6.26 Å². The summed E-state index contributed by atoms with van der Waals surface area (Å²) in [5.41, 5.74) is 0. The van der Waals surface area contributed by atoms with Crippen LogP contribution in [0.3, 0.4) is 0 Å². The van der Waals surface area contributed by atoms with Gasteiger partial charge in [0.25, 0.3) is 0 Å². The van der Waals surface area contributed by atoms with Crippen LogP contribution in [0.2, 0.25) is 0 Å². The fraction of sp³-hybridized carbons (Fsp3) is 1.00. The molecule has 0 heterocycles. The third-order valence-corrected chi connectivity index (χ3v) is 3.93. The summed E-state index contributed by atoms with van der Waals surface area (Å²) >= 11 is 4.91. The molecule has 0 aromatic rings. The van der Waals surface area contributed by atoms with Gasteiger partial charge in [-0.1, -0.05) is 15.9 Å². The molecule has 10 heavy (non-hydrogen) atoms. The molecule has 0 amide bonds. The average Bonchev–Trinajstić information content (AvgIpc) is 1.78. The third kappa shape index (κ3) is 8.78. The van der Waals surface area contributed by atoms with E-state index in [1.54, 1.807) is 11.8 Å². The summed E-state index contributed by atoms with van der Waals surface area (Å²) in [4.78, 5) is 0. The lowest BCUT2D eigenvalue weighted by Crippen LogP contribution is -2.05. The highest BCUT2D eigenvalue weighted by atomic mass is 79.9. The topological polar surface area (TPSA) is 34.1 Å². The Hall–Kier alpha value is 0.780. The summed E-state index contributed by atoms with van der Waals surface area (Å²) < 4.78 is 21.1. The van der Waals surface area contributed by atoms with Crippen molar-refractivity contribution in [3.8, 4) is 0 Å². The van der Waals surface area contributed by atoms with Crippen molar-refractivity contribution in [2.24, 2.45) is 0 Å². The van der Waals surface area contributed by atoms with Crippen molar-refractivity contribution in [3.63, 3.8) is 0 Å². The second kappa shape index (κ2) is 5.43. The van der Waals surface area contributed by atoms with Crippen LogP contribution in [0.5, 0.6) is 0 Å². The van der Waals surface area contributed by atoms with Gasteiger partial charge in [0, 0.05) is 23.1 Å². The van der Waals surface area contributed by atoms with Gasteiger partial charge in [-0.3, -0.25) is 0 Å². The minimum absolute atomic E-state index is 0.296. The van der Waals surface area contributed by atoms with Crippen LogP contribution in [-0.4, -0.2) is 37.3 Å². The largest absolute Gasteiger partial charge is 0.229 e. The molecule has 62 valence electrons. The number of alkyl halides is 1. The van der Waals surface area contributed by atoms with Crippen molar-refractivity contribution in [2.75, 3.05) is 28.8 Å². The molecule has 2 nitrogen and oxygen atoms in total. The highest BCUT2D eigenvalue weighted by Gasteiger charge is 1.99. The smallest absolute Gasteiger partial charge is 0.148 e. The normalized spacial score (nSPS) is 11.8. The monoisotopic (exact) mass is 246 g/mol. The highest BCUT2D eigenvalue weighted by Crippen LogP contribution is 2.01. The maximum Gasteiger partial charge on any atom is 0.148 e. The first kappa shape index (κ1) is 10.8. The lowest BCUT2D eigenvalue weighted by molar-refractivity contribution is 0.603. The van der Waals surface area contributed by atoms with Gasteiger partial charge in [-0.15, -0.1) is 0 Å². The van der Waals surface area contributed by atoms with Gasteiger partial charge in [0.2, 0.25) is 0 Å². The molecule has 0 aliphatic rings. The Balaban J connectivity index is 3.21. The molecule has 0 N–H and O–H groups in total. The zero-order chi connectivity index (χ0) is 8.04. The Labute approximate surface area is 74.8 Å². The van der Waals surface area contributed by atoms with Crippen LogP contribution in [0.4, 0.5) is 0 Å². The molecule has 5 heteroatoms. The Morgan fingerprint density at radius 3 is 2.40 bits per heavy atom. The molecule has 0 bridgehead atoms. The fourth-order valence-corrected chi connectivity index (χ4v) is 3.05. The summed E-state index contributed by atoms with van der Waals surface area (Å²) in [7, 11) is -2.74. The van der Waals surface area contributed by atoms with E-state index in [0.29, 0.717) is 11.5 Å². The summed E-state index contributed by atoms with van der Waals surface area (Å²) in [5.74, 6) is 1.99. The number of rotatable bonds is 5. The van der Waals surface area contributed by atoms with E-state index in [9.17, 15) is 8.42 Å². The zero-order valence-corrected chi connectivity index (χ0v) is 9.06. The summed E-state index contributed by atoms with van der Waals surface area (Å²) in [6.07, 6.45) is 1.27. The van der Waals surface area contributed by atoms with Crippen LogP contribution in [0.25, 0.3) is 0 Å². The first-order valence-electron chi connectivity index (χ1n) is 2.87. The van der Waals surface area contributed by atoms with Gasteiger partial charge in [0.1, 0.15) is 9.84 Å². The fourth-order valence-electron chi connectivity index (χ4n) is 0.367. The molecule has 0 saturated heterocycles. The number of hydrogen-bond donors (Lipinski definition) is 0. The van der Waals surface area contributed by atoms with Crippen LogP contribution in [0.1, 0.15) is 0 Å². The Bertz CT molecular complexity index is 164. The van der Waals surface area contributed by atoms with Gasteiger partial charge in [-0.25, -0.2) is 8.42 Å². The molecule has 0 aliphatic heterocycles. The second-order valence-corrected chi connectivity index (χ2v) is 6.21. The maximum atomic E-state index is 10.6. The lowest BCUT2D eigenvalue weighted by Gasteiger charge is -1.95. The Morgan fingerprint density at radius 1 is 1.40 bits per heavy atom. The molecule has 0 aromatic carbocycles. The minimum atomic E-state index is -2.74. The van der Waals surface area contributed by atoms with Crippen molar-refractivity contribution in [1.29, 1.82) is 0 Å². The molecular formula is C5H11BrO2S2. The third-order valence-electron chi connectivity index (χ3n) is 0.820. The lowest BCUT2D eigenvalue weighted by atomic mass is 10.9. The van der Waals surface area contributed by atoms with Gasteiger partial charge < -0.3 is 0 Å². The van der Waals surface area contributed by atoms with Crippen LogP contribution in [-0.2, 0) is 9.84 Å². The van der Waals surface area contributed by atoms with Crippen molar-refractivity contribution in [1.82, 2.24) is 0 Å². The van der Waals surface area contributed by atoms with Crippen LogP contribution >= 0.6 is 27.7 Å². The van der Waals surface area contributed by atoms with Gasteiger partial charge in [-0.2, -0.15) is 11.8 Å². The molecule has 0 aliphatic carbocycles. The number of sulfone groups is 1. The molecule has 0 fully saturated rings. The van der Waals surface area contributed by atoms with E-state index in [4.69, 9.17) is 0 Å². The van der Waals surface area contributed by atoms with E-state index in [0.717, 1.165) is 11.1 Å². The predicted octanol–water partition coefficient (Wildman–Crippen LogP) is 1.16. The molecule has 0 unspecified atom stereocenters. The molecule has 0 saturated carbocycles. The van der Waals surface area contributed by atoms with Gasteiger partial charge in [0.15, 0.2) is 0 Å². The maximum absolute atomic E-state index is 10.6. The first-order valence-corrected chi connectivity index (χ1v) is 7.21. The molecule has 0 atom stereocenters.